The van der Waals surface area contributed by atoms with E-state index in [4.69, 9.17) is 9.84 Å². The highest BCUT2D eigenvalue weighted by Crippen LogP contribution is 2.27. The molecule has 0 saturated carbocycles. The van der Waals surface area contributed by atoms with Gasteiger partial charge in [0.1, 0.15) is 12.4 Å². The highest BCUT2D eigenvalue weighted by Gasteiger charge is 2.17. The molecule has 0 atom stereocenters. The van der Waals surface area contributed by atoms with Gasteiger partial charge in [-0.2, -0.15) is 0 Å². The minimum Gasteiger partial charge on any atom is -0.490 e. The summed E-state index contributed by atoms with van der Waals surface area (Å²) in [6, 6.07) is 12.8. The topological polar surface area (TPSA) is 95.9 Å². The zero-order valence-electron chi connectivity index (χ0n) is 15.1. The first-order valence-corrected chi connectivity index (χ1v) is 9.61. The standard InChI is InChI=1S/C18H22N2O5S.ClH/c1-20(2)10-11-25-17-9-8-15(18(21)22)12-16(17)19-26(23,24)13-14-6-4-3-5-7-14;/h3-9,12,19H,10-11,13H2,1-2H3,(H,21,22);1H. The van der Waals surface area contributed by atoms with Gasteiger partial charge in [-0.05, 0) is 37.9 Å². The lowest BCUT2D eigenvalue weighted by molar-refractivity contribution is 0.0697. The fourth-order valence-electron chi connectivity index (χ4n) is 2.20. The molecule has 0 unspecified atom stereocenters. The molecule has 2 N–H and O–H groups in total. The second-order valence-electron chi connectivity index (χ2n) is 6.01. The molecule has 0 heterocycles. The number of carbonyl (C=O) groups is 1. The van der Waals surface area contributed by atoms with Crippen LogP contribution in [-0.4, -0.2) is 51.6 Å². The van der Waals surface area contributed by atoms with Gasteiger partial charge in [0, 0.05) is 6.54 Å². The Bertz CT molecular complexity index is 857. The zero-order valence-corrected chi connectivity index (χ0v) is 16.7. The Balaban J connectivity index is 0.00000364. The first-order chi connectivity index (χ1) is 12.3. The predicted octanol–water partition coefficient (Wildman–Crippen LogP) is 2.69. The second-order valence-corrected chi connectivity index (χ2v) is 7.74. The fourth-order valence-corrected chi connectivity index (χ4v) is 3.40. The molecule has 2 aromatic rings. The molecule has 0 amide bonds. The summed E-state index contributed by atoms with van der Waals surface area (Å²) in [7, 11) is 0.0511. The number of hydrogen-bond acceptors (Lipinski definition) is 5. The molecule has 0 bridgehead atoms. The van der Waals surface area contributed by atoms with Crippen LogP contribution >= 0.6 is 12.4 Å². The highest BCUT2D eigenvalue weighted by atomic mass is 35.5. The van der Waals surface area contributed by atoms with Crippen molar-refractivity contribution in [1.29, 1.82) is 0 Å². The molecule has 2 rings (SSSR count). The molecule has 0 aliphatic heterocycles. The lowest BCUT2D eigenvalue weighted by Gasteiger charge is -2.16. The van der Waals surface area contributed by atoms with Gasteiger partial charge in [-0.15, -0.1) is 12.4 Å². The predicted molar refractivity (Wildman–Crippen MR) is 107 cm³/mol. The third-order valence-corrected chi connectivity index (χ3v) is 4.73. The third-order valence-electron chi connectivity index (χ3n) is 3.49. The summed E-state index contributed by atoms with van der Waals surface area (Å²) >= 11 is 0. The van der Waals surface area contributed by atoms with E-state index < -0.39 is 16.0 Å². The van der Waals surface area contributed by atoms with Crippen LogP contribution in [0, 0.1) is 0 Å². The van der Waals surface area contributed by atoms with Crippen LogP contribution in [0.15, 0.2) is 48.5 Å². The Hall–Kier alpha value is -2.29. The molecular weight excluding hydrogens is 392 g/mol. The highest BCUT2D eigenvalue weighted by molar-refractivity contribution is 7.91. The Labute approximate surface area is 165 Å². The maximum absolute atomic E-state index is 12.5. The van der Waals surface area contributed by atoms with Crippen molar-refractivity contribution in [1.82, 2.24) is 4.90 Å². The minimum absolute atomic E-state index is 0. The summed E-state index contributed by atoms with van der Waals surface area (Å²) in [5.74, 6) is -1.08. The molecular formula is C18H23ClN2O5S. The smallest absolute Gasteiger partial charge is 0.335 e. The number of halogens is 1. The Kier molecular flexibility index (Phi) is 8.55. The van der Waals surface area contributed by atoms with Gasteiger partial charge in [0.05, 0.1) is 17.0 Å². The summed E-state index contributed by atoms with van der Waals surface area (Å²) < 4.78 is 33.0. The average molecular weight is 415 g/mol. The Morgan fingerprint density at radius 1 is 1.15 bits per heavy atom. The van der Waals surface area contributed by atoms with E-state index >= 15 is 0 Å². The van der Waals surface area contributed by atoms with E-state index in [9.17, 15) is 13.2 Å². The molecule has 0 radical (unpaired) electrons. The van der Waals surface area contributed by atoms with Crippen molar-refractivity contribution in [3.63, 3.8) is 0 Å². The Morgan fingerprint density at radius 2 is 1.81 bits per heavy atom. The van der Waals surface area contributed by atoms with Crippen LogP contribution in [0.25, 0.3) is 0 Å². The van der Waals surface area contributed by atoms with Gasteiger partial charge in [0.15, 0.2) is 0 Å². The number of benzene rings is 2. The van der Waals surface area contributed by atoms with Crippen molar-refractivity contribution in [3.05, 3.63) is 59.7 Å². The van der Waals surface area contributed by atoms with Gasteiger partial charge in [-0.3, -0.25) is 4.72 Å². The van der Waals surface area contributed by atoms with Gasteiger partial charge >= 0.3 is 5.97 Å². The van der Waals surface area contributed by atoms with Crippen LogP contribution in [0.1, 0.15) is 15.9 Å². The maximum atomic E-state index is 12.5. The first kappa shape index (κ1) is 22.8. The van der Waals surface area contributed by atoms with Gasteiger partial charge in [0.25, 0.3) is 0 Å². The van der Waals surface area contributed by atoms with Crippen LogP contribution in [0.4, 0.5) is 5.69 Å². The van der Waals surface area contributed by atoms with E-state index in [-0.39, 0.29) is 35.2 Å². The number of nitrogens with one attached hydrogen (secondary N) is 1. The van der Waals surface area contributed by atoms with Crippen molar-refractivity contribution in [2.45, 2.75) is 5.75 Å². The summed E-state index contributed by atoms with van der Waals surface area (Å²) in [5.41, 5.74) is 0.714. The second kappa shape index (κ2) is 10.1. The van der Waals surface area contributed by atoms with E-state index in [0.717, 1.165) is 0 Å². The number of aromatic carboxylic acids is 1. The normalized spacial score (nSPS) is 10.9. The lowest BCUT2D eigenvalue weighted by Crippen LogP contribution is -2.20. The number of carboxylic acid groups (broad SMARTS) is 1. The molecule has 0 aliphatic carbocycles. The van der Waals surface area contributed by atoms with Crippen LogP contribution in [0.2, 0.25) is 0 Å². The number of rotatable bonds is 9. The van der Waals surface area contributed by atoms with Crippen molar-refractivity contribution in [2.24, 2.45) is 0 Å². The summed E-state index contributed by atoms with van der Waals surface area (Å²) in [6.45, 7) is 0.976. The van der Waals surface area contributed by atoms with Crippen molar-refractivity contribution in [2.75, 3.05) is 32.0 Å². The van der Waals surface area contributed by atoms with Gasteiger partial charge in [-0.1, -0.05) is 30.3 Å². The molecule has 27 heavy (non-hydrogen) atoms. The summed E-state index contributed by atoms with van der Waals surface area (Å²) in [6.07, 6.45) is 0. The van der Waals surface area contributed by atoms with Gasteiger partial charge in [0.2, 0.25) is 10.0 Å². The fraction of sp³-hybridized carbons (Fsp3) is 0.278. The molecule has 148 valence electrons. The number of nitrogens with zero attached hydrogens (tertiary/aromatic N) is 1. The zero-order chi connectivity index (χ0) is 19.2. The quantitative estimate of drug-likeness (QED) is 0.655. The van der Waals surface area contributed by atoms with Crippen LogP contribution in [0.3, 0.4) is 0 Å². The SMILES string of the molecule is CN(C)CCOc1ccc(C(=O)O)cc1NS(=O)(=O)Cc1ccccc1.Cl. The third kappa shape index (κ3) is 7.46. The number of likely N-dealkylation sites (N-methyl/N-ethyl adjacent to an activating group) is 1. The monoisotopic (exact) mass is 414 g/mol. The molecule has 0 spiro atoms. The van der Waals surface area contributed by atoms with Crippen LogP contribution in [-0.2, 0) is 15.8 Å². The molecule has 0 saturated heterocycles. The average Bonchev–Trinajstić information content (AvgIpc) is 2.55. The van der Waals surface area contributed by atoms with Gasteiger partial charge < -0.3 is 14.7 Å². The first-order valence-electron chi connectivity index (χ1n) is 7.96. The van der Waals surface area contributed by atoms with Crippen molar-refractivity contribution >= 4 is 34.1 Å². The number of hydrogen-bond donors (Lipinski definition) is 2. The Morgan fingerprint density at radius 3 is 2.41 bits per heavy atom. The van der Waals surface area contributed by atoms with Crippen molar-refractivity contribution < 1.29 is 23.1 Å². The molecule has 0 aliphatic rings. The number of anilines is 1. The van der Waals surface area contributed by atoms with E-state index in [2.05, 4.69) is 4.72 Å². The molecule has 0 fully saturated rings. The van der Waals surface area contributed by atoms with Crippen LogP contribution < -0.4 is 9.46 Å². The maximum Gasteiger partial charge on any atom is 0.335 e. The van der Waals surface area contributed by atoms with E-state index in [1.54, 1.807) is 30.3 Å². The number of carboxylic acids is 1. The van der Waals surface area contributed by atoms with Crippen LogP contribution in [0.5, 0.6) is 5.75 Å². The molecule has 0 aromatic heterocycles. The summed E-state index contributed by atoms with van der Waals surface area (Å²) in [4.78, 5) is 13.1. The van der Waals surface area contributed by atoms with E-state index in [0.29, 0.717) is 18.7 Å². The number of ether oxygens (including phenoxy) is 1. The van der Waals surface area contributed by atoms with Gasteiger partial charge in [-0.25, -0.2) is 13.2 Å². The minimum atomic E-state index is -3.73. The largest absolute Gasteiger partial charge is 0.490 e. The molecule has 7 nitrogen and oxygen atoms in total. The molecule has 2 aromatic carbocycles. The molecule has 9 heteroatoms. The number of sulfonamides is 1. The van der Waals surface area contributed by atoms with E-state index in [1.165, 1.54) is 18.2 Å². The van der Waals surface area contributed by atoms with Crippen molar-refractivity contribution in [3.8, 4) is 5.75 Å². The summed E-state index contributed by atoms with van der Waals surface area (Å²) in [5, 5.41) is 9.16. The van der Waals surface area contributed by atoms with E-state index in [1.807, 2.05) is 19.0 Å². The lowest BCUT2D eigenvalue weighted by atomic mass is 10.2.